The third-order valence-electron chi connectivity index (χ3n) is 5.51. The second-order valence-electron chi connectivity index (χ2n) is 7.35. The largest absolute Gasteiger partial charge is 0.276 e. The average molecular weight is 369 g/mol. The molecule has 3 heterocycles. The molecule has 0 aromatic carbocycles. The van der Waals surface area contributed by atoms with E-state index in [9.17, 15) is 9.59 Å². The monoisotopic (exact) mass is 369 g/mol. The highest BCUT2D eigenvalue weighted by Gasteiger charge is 2.52. The number of amides is 2. The van der Waals surface area contributed by atoms with Crippen molar-refractivity contribution in [1.82, 2.24) is 14.8 Å². The summed E-state index contributed by atoms with van der Waals surface area (Å²) in [4.78, 5) is 34.6. The van der Waals surface area contributed by atoms with E-state index < -0.39 is 5.41 Å². The molecule has 4 rings (SSSR count). The van der Waals surface area contributed by atoms with Crippen LogP contribution in [0, 0.1) is 5.41 Å². The fraction of sp³-hybridized carbons (Fsp3) is 0.450. The molecule has 2 aliphatic rings. The molecule has 2 fully saturated rings. The number of thiophene rings is 1. The summed E-state index contributed by atoms with van der Waals surface area (Å²) < 4.78 is 0. The second kappa shape index (κ2) is 7.29. The van der Waals surface area contributed by atoms with Gasteiger partial charge >= 0.3 is 0 Å². The molecule has 2 aromatic rings. The molecule has 0 atom stereocenters. The van der Waals surface area contributed by atoms with E-state index >= 15 is 0 Å². The number of hydrogen-bond acceptors (Lipinski definition) is 5. The number of hydrogen-bond donors (Lipinski definition) is 0. The summed E-state index contributed by atoms with van der Waals surface area (Å²) in [5, 5.41) is 2.06. The van der Waals surface area contributed by atoms with Crippen LogP contribution in [-0.4, -0.2) is 33.3 Å². The summed E-state index contributed by atoms with van der Waals surface area (Å²) in [6, 6.07) is 8.08. The molecular weight excluding hydrogens is 346 g/mol. The third-order valence-corrected chi connectivity index (χ3v) is 6.37. The molecule has 2 aromatic heterocycles. The first-order valence-electron chi connectivity index (χ1n) is 9.15. The number of carbonyl (C=O) groups is 2. The van der Waals surface area contributed by atoms with Crippen molar-refractivity contribution in [2.75, 3.05) is 6.67 Å². The number of nitrogens with zero attached hydrogens (tertiary/aromatic N) is 3. The molecule has 1 spiro atoms. The first-order valence-corrected chi connectivity index (χ1v) is 10.0. The summed E-state index contributed by atoms with van der Waals surface area (Å²) in [6.45, 7) is 1.77. The van der Waals surface area contributed by atoms with Gasteiger partial charge in [-0.3, -0.25) is 24.4 Å². The molecule has 5 nitrogen and oxygen atoms in total. The first-order chi connectivity index (χ1) is 12.7. The fourth-order valence-corrected chi connectivity index (χ4v) is 4.92. The molecule has 0 N–H and O–H groups in total. The highest BCUT2D eigenvalue weighted by atomic mass is 32.1. The van der Waals surface area contributed by atoms with Crippen molar-refractivity contribution >= 4 is 23.2 Å². The van der Waals surface area contributed by atoms with Gasteiger partial charge in [0, 0.05) is 36.8 Å². The molecule has 0 unspecified atom stereocenters. The summed E-state index contributed by atoms with van der Waals surface area (Å²) in [5.41, 5.74) is 0.730. The van der Waals surface area contributed by atoms with Crippen LogP contribution in [0.2, 0.25) is 0 Å². The van der Waals surface area contributed by atoms with Crippen molar-refractivity contribution in [3.05, 3.63) is 52.5 Å². The number of aromatic nitrogens is 1. The van der Waals surface area contributed by atoms with E-state index in [0.717, 1.165) is 37.8 Å². The predicted molar refractivity (Wildman–Crippen MR) is 100 cm³/mol. The van der Waals surface area contributed by atoms with Crippen LogP contribution >= 0.6 is 11.3 Å². The topological polar surface area (TPSA) is 53.5 Å². The first kappa shape index (κ1) is 17.4. The van der Waals surface area contributed by atoms with Crippen LogP contribution in [0.5, 0.6) is 0 Å². The van der Waals surface area contributed by atoms with Crippen LogP contribution in [0.25, 0.3) is 0 Å². The average Bonchev–Trinajstić information content (AvgIpc) is 3.36. The molecule has 6 heteroatoms. The lowest BCUT2D eigenvalue weighted by Crippen LogP contribution is -2.42. The minimum atomic E-state index is -0.400. The maximum atomic E-state index is 13.0. The molecule has 26 heavy (non-hydrogen) atoms. The Bertz CT molecular complexity index is 770. The second-order valence-corrected chi connectivity index (χ2v) is 8.39. The molecule has 1 saturated heterocycles. The van der Waals surface area contributed by atoms with Gasteiger partial charge < -0.3 is 0 Å². The minimum Gasteiger partial charge on any atom is -0.276 e. The van der Waals surface area contributed by atoms with E-state index in [0.29, 0.717) is 19.6 Å². The predicted octanol–water partition coefficient (Wildman–Crippen LogP) is 3.42. The summed E-state index contributed by atoms with van der Waals surface area (Å²) in [6.07, 6.45) is 7.79. The van der Waals surface area contributed by atoms with E-state index in [1.807, 2.05) is 18.2 Å². The van der Waals surface area contributed by atoms with Gasteiger partial charge in [-0.15, -0.1) is 11.3 Å². The van der Waals surface area contributed by atoms with Crippen molar-refractivity contribution in [1.29, 1.82) is 0 Å². The Balaban J connectivity index is 1.52. The normalized spacial score (nSPS) is 19.2. The highest BCUT2D eigenvalue weighted by Crippen LogP contribution is 2.46. The lowest BCUT2D eigenvalue weighted by atomic mass is 9.85. The maximum absolute atomic E-state index is 13.0. The smallest absolute Gasteiger partial charge is 0.237 e. The van der Waals surface area contributed by atoms with Crippen molar-refractivity contribution in [3.8, 4) is 0 Å². The van der Waals surface area contributed by atoms with Gasteiger partial charge in [0.05, 0.1) is 12.1 Å². The zero-order valence-electron chi connectivity index (χ0n) is 14.8. The SMILES string of the molecule is O=C1CC2(CCCC2)C(=O)N1CN(Cc1ccncc1)Cc1cccs1. The van der Waals surface area contributed by atoms with Crippen LogP contribution in [0.15, 0.2) is 42.0 Å². The van der Waals surface area contributed by atoms with Gasteiger partial charge in [0.25, 0.3) is 0 Å². The van der Waals surface area contributed by atoms with Crippen molar-refractivity contribution in [2.45, 2.75) is 45.2 Å². The summed E-state index contributed by atoms with van der Waals surface area (Å²) in [7, 11) is 0. The summed E-state index contributed by atoms with van der Waals surface area (Å²) in [5.74, 6) is 0.0358. The third kappa shape index (κ3) is 3.44. The Hall–Kier alpha value is -2.05. The Morgan fingerprint density at radius 1 is 1.12 bits per heavy atom. The van der Waals surface area contributed by atoms with Crippen LogP contribution in [0.3, 0.4) is 0 Å². The van der Waals surface area contributed by atoms with E-state index in [2.05, 4.69) is 21.3 Å². The van der Waals surface area contributed by atoms with Crippen LogP contribution in [0.4, 0.5) is 0 Å². The van der Waals surface area contributed by atoms with Crippen LogP contribution in [0.1, 0.15) is 42.5 Å². The lowest BCUT2D eigenvalue weighted by molar-refractivity contribution is -0.144. The van der Waals surface area contributed by atoms with E-state index in [-0.39, 0.29) is 11.8 Å². The fourth-order valence-electron chi connectivity index (χ4n) is 4.17. The van der Waals surface area contributed by atoms with Gasteiger partial charge in [-0.05, 0) is 42.0 Å². The van der Waals surface area contributed by atoms with Crippen LogP contribution < -0.4 is 0 Å². The Labute approximate surface area is 157 Å². The molecule has 1 aliphatic heterocycles. The molecular formula is C20H23N3O2S. The Morgan fingerprint density at radius 3 is 2.58 bits per heavy atom. The van der Waals surface area contributed by atoms with Crippen LogP contribution in [-0.2, 0) is 22.7 Å². The zero-order valence-corrected chi connectivity index (χ0v) is 15.6. The maximum Gasteiger partial charge on any atom is 0.237 e. The molecule has 1 aliphatic carbocycles. The van der Waals surface area contributed by atoms with Gasteiger partial charge in [-0.1, -0.05) is 18.9 Å². The van der Waals surface area contributed by atoms with Gasteiger partial charge in [-0.2, -0.15) is 0 Å². The number of likely N-dealkylation sites (tertiary alicyclic amines) is 1. The Morgan fingerprint density at radius 2 is 1.88 bits per heavy atom. The number of carbonyl (C=O) groups excluding carboxylic acids is 2. The lowest BCUT2D eigenvalue weighted by Gasteiger charge is -2.28. The molecule has 136 valence electrons. The molecule has 0 bridgehead atoms. The van der Waals surface area contributed by atoms with Crippen molar-refractivity contribution in [3.63, 3.8) is 0 Å². The molecule has 2 amide bonds. The number of pyridine rings is 1. The minimum absolute atomic E-state index is 0.0113. The van der Waals surface area contributed by atoms with Crippen molar-refractivity contribution in [2.24, 2.45) is 5.41 Å². The number of rotatable bonds is 6. The highest BCUT2D eigenvalue weighted by molar-refractivity contribution is 7.09. The molecule has 1 saturated carbocycles. The van der Waals surface area contributed by atoms with Crippen molar-refractivity contribution < 1.29 is 9.59 Å². The zero-order chi connectivity index (χ0) is 18.0. The van der Waals surface area contributed by atoms with Gasteiger partial charge in [0.15, 0.2) is 0 Å². The van der Waals surface area contributed by atoms with Gasteiger partial charge in [-0.25, -0.2) is 0 Å². The quantitative estimate of drug-likeness (QED) is 0.732. The summed E-state index contributed by atoms with van der Waals surface area (Å²) >= 11 is 1.70. The number of imide groups is 1. The molecule has 0 radical (unpaired) electrons. The standard InChI is InChI=1S/C20H23N3O2S/c24-18-12-20(7-1-2-8-20)19(25)23(18)15-22(14-17-4-3-11-26-17)13-16-5-9-21-10-6-16/h3-6,9-11H,1-2,7-8,12-15H2. The Kier molecular flexibility index (Phi) is 4.87. The van der Waals surface area contributed by atoms with E-state index in [4.69, 9.17) is 0 Å². The van der Waals surface area contributed by atoms with E-state index in [1.54, 1.807) is 23.7 Å². The van der Waals surface area contributed by atoms with Gasteiger partial charge in [0.2, 0.25) is 11.8 Å². The van der Waals surface area contributed by atoms with Gasteiger partial charge in [0.1, 0.15) is 0 Å². The van der Waals surface area contributed by atoms with E-state index in [1.165, 1.54) is 9.78 Å².